The Hall–Kier alpha value is -3.66. The van der Waals surface area contributed by atoms with Crippen LogP contribution < -0.4 is 14.5 Å². The first kappa shape index (κ1) is 32.3. The van der Waals surface area contributed by atoms with Crippen LogP contribution in [0.5, 0.6) is 5.75 Å². The molecule has 0 saturated carbocycles. The summed E-state index contributed by atoms with van der Waals surface area (Å²) >= 11 is 4.54. The normalized spacial score (nSPS) is 19.4. The van der Waals surface area contributed by atoms with Gasteiger partial charge in [0, 0.05) is 30.5 Å². The van der Waals surface area contributed by atoms with E-state index in [9.17, 15) is 22.8 Å². The van der Waals surface area contributed by atoms with Gasteiger partial charge in [-0.25, -0.2) is 9.18 Å². The average Bonchev–Trinajstić information content (AvgIpc) is 3.09. The van der Waals surface area contributed by atoms with Crippen molar-refractivity contribution in [3.8, 4) is 11.8 Å². The van der Waals surface area contributed by atoms with E-state index in [0.717, 1.165) is 17.0 Å². The van der Waals surface area contributed by atoms with Crippen molar-refractivity contribution in [2.75, 3.05) is 29.5 Å². The smallest absolute Gasteiger partial charge is 0.417 e. The molecule has 2 aromatic carbocycles. The number of carbonyl (C=O) groups is 2. The van der Waals surface area contributed by atoms with Crippen LogP contribution in [0.4, 0.5) is 33.7 Å². The Bertz CT molecular complexity index is 1430. The SMILES string of the molecule is CC(C)(C)OC(=O)N1CCC(COc2ccc(N3C(S)N(c4ccc(C#N)c(C(F)(F)F)c4)C(=O)C3(C)C)cc2F)CC1. The molecule has 2 fully saturated rings. The largest absolute Gasteiger partial charge is 0.490 e. The Morgan fingerprint density at radius 3 is 2.28 bits per heavy atom. The number of hydrogen-bond donors (Lipinski definition) is 1. The van der Waals surface area contributed by atoms with Crippen molar-refractivity contribution in [3.05, 3.63) is 53.3 Å². The van der Waals surface area contributed by atoms with Crippen LogP contribution in [0.2, 0.25) is 0 Å². The average molecular weight is 623 g/mol. The number of benzene rings is 2. The lowest BCUT2D eigenvalue weighted by molar-refractivity contribution is -0.137. The molecule has 0 aliphatic carbocycles. The number of nitrogens with zero attached hydrogens (tertiary/aromatic N) is 4. The van der Waals surface area contributed by atoms with Crippen LogP contribution in [0.3, 0.4) is 0 Å². The van der Waals surface area contributed by atoms with Crippen molar-refractivity contribution >= 4 is 36.0 Å². The molecule has 0 N–H and O–H groups in total. The second-order valence-corrected chi connectivity index (χ2v) is 12.6. The summed E-state index contributed by atoms with van der Waals surface area (Å²) in [5.74, 6) is -1.11. The van der Waals surface area contributed by atoms with E-state index in [-0.39, 0.29) is 35.7 Å². The van der Waals surface area contributed by atoms with Gasteiger partial charge in [-0.3, -0.25) is 9.69 Å². The standard InChI is InChI=1S/C30H34F4N4O4S/c1-28(2,3)42-27(40)36-12-10-18(11-13-36)17-41-24-9-8-21(15-23(24)31)38-26(43)37(25(39)29(38,4)5)20-7-6-19(16-35)22(14-20)30(32,33)34/h6-9,14-15,18,26,43H,10-13,17H2,1-5H3. The van der Waals surface area contributed by atoms with Crippen molar-refractivity contribution in [1.29, 1.82) is 5.26 Å². The summed E-state index contributed by atoms with van der Waals surface area (Å²) in [5, 5.41) is 9.12. The minimum Gasteiger partial charge on any atom is -0.490 e. The molecule has 2 heterocycles. The fourth-order valence-corrected chi connectivity index (χ4v) is 5.86. The third kappa shape index (κ3) is 6.79. The predicted octanol–water partition coefficient (Wildman–Crippen LogP) is 6.59. The third-order valence-corrected chi connectivity index (χ3v) is 7.91. The van der Waals surface area contributed by atoms with E-state index >= 15 is 4.39 Å². The van der Waals surface area contributed by atoms with Gasteiger partial charge in [0.05, 0.1) is 23.8 Å². The summed E-state index contributed by atoms with van der Waals surface area (Å²) in [5.41, 5.74) is -4.50. The lowest BCUT2D eigenvalue weighted by Gasteiger charge is -2.34. The molecule has 13 heteroatoms. The van der Waals surface area contributed by atoms with E-state index in [2.05, 4.69) is 12.6 Å². The van der Waals surface area contributed by atoms with Crippen LogP contribution >= 0.6 is 12.6 Å². The second-order valence-electron chi connectivity index (χ2n) is 12.1. The van der Waals surface area contributed by atoms with Gasteiger partial charge in [-0.1, -0.05) is 0 Å². The van der Waals surface area contributed by atoms with Gasteiger partial charge in [0.2, 0.25) is 0 Å². The fourth-order valence-electron chi connectivity index (χ4n) is 5.20. The zero-order valence-corrected chi connectivity index (χ0v) is 25.4. The quantitative estimate of drug-likeness (QED) is 0.299. The van der Waals surface area contributed by atoms with Gasteiger partial charge in [0.25, 0.3) is 5.91 Å². The number of nitriles is 1. The lowest BCUT2D eigenvalue weighted by Crippen LogP contribution is -2.45. The lowest BCUT2D eigenvalue weighted by atomic mass is 9.98. The summed E-state index contributed by atoms with van der Waals surface area (Å²) in [6, 6.07) is 8.73. The van der Waals surface area contributed by atoms with Gasteiger partial charge in [-0.05, 0) is 83.7 Å². The Labute approximate surface area is 253 Å². The summed E-state index contributed by atoms with van der Waals surface area (Å²) in [7, 11) is 0. The van der Waals surface area contributed by atoms with Crippen LogP contribution in [0.15, 0.2) is 36.4 Å². The first-order valence-corrected chi connectivity index (χ1v) is 14.3. The summed E-state index contributed by atoms with van der Waals surface area (Å²) in [4.78, 5) is 30.0. The third-order valence-electron chi connectivity index (χ3n) is 7.45. The van der Waals surface area contributed by atoms with Gasteiger partial charge in [0.15, 0.2) is 17.1 Å². The van der Waals surface area contributed by atoms with E-state index in [0.29, 0.717) is 25.9 Å². The number of halogens is 4. The number of alkyl halides is 3. The predicted molar refractivity (Wildman–Crippen MR) is 155 cm³/mol. The highest BCUT2D eigenvalue weighted by Crippen LogP contribution is 2.43. The van der Waals surface area contributed by atoms with Crippen LogP contribution in [-0.4, -0.2) is 53.2 Å². The molecule has 0 bridgehead atoms. The molecule has 2 aliphatic heterocycles. The molecule has 232 valence electrons. The summed E-state index contributed by atoms with van der Waals surface area (Å²) in [6.07, 6.45) is -3.83. The molecule has 43 heavy (non-hydrogen) atoms. The van der Waals surface area contributed by atoms with Crippen LogP contribution in [0.25, 0.3) is 0 Å². The maximum Gasteiger partial charge on any atom is 0.417 e. The topological polar surface area (TPSA) is 86.1 Å². The van der Waals surface area contributed by atoms with E-state index < -0.39 is 45.7 Å². The number of thiol groups is 1. The molecular weight excluding hydrogens is 588 g/mol. The molecule has 0 aromatic heterocycles. The van der Waals surface area contributed by atoms with E-state index in [1.165, 1.54) is 29.2 Å². The molecule has 1 atom stereocenters. The fraction of sp³-hybridized carbons (Fsp3) is 0.500. The molecule has 1 unspecified atom stereocenters. The first-order valence-electron chi connectivity index (χ1n) is 13.8. The summed E-state index contributed by atoms with van der Waals surface area (Å²) in [6.45, 7) is 9.82. The van der Waals surface area contributed by atoms with E-state index in [1.807, 2.05) is 20.8 Å². The number of carbonyl (C=O) groups excluding carboxylic acids is 2. The molecule has 8 nitrogen and oxygen atoms in total. The number of anilines is 2. The van der Waals surface area contributed by atoms with Crippen molar-refractivity contribution < 1.29 is 36.6 Å². The van der Waals surface area contributed by atoms with Crippen LogP contribution in [0.1, 0.15) is 58.6 Å². The van der Waals surface area contributed by atoms with Crippen LogP contribution in [0, 0.1) is 23.1 Å². The van der Waals surface area contributed by atoms with Crippen molar-refractivity contribution in [2.45, 2.75) is 70.3 Å². The Balaban J connectivity index is 1.46. The molecule has 0 radical (unpaired) electrons. The highest BCUT2D eigenvalue weighted by molar-refractivity contribution is 7.81. The number of amides is 2. The van der Waals surface area contributed by atoms with Gasteiger partial charge in [0.1, 0.15) is 11.1 Å². The molecule has 2 saturated heterocycles. The monoisotopic (exact) mass is 622 g/mol. The first-order chi connectivity index (χ1) is 19.9. The van der Waals surface area contributed by atoms with Gasteiger partial charge < -0.3 is 19.3 Å². The van der Waals surface area contributed by atoms with Gasteiger partial charge in [-0.15, -0.1) is 12.6 Å². The van der Waals surface area contributed by atoms with E-state index in [4.69, 9.17) is 14.7 Å². The Morgan fingerprint density at radius 2 is 1.72 bits per heavy atom. The molecule has 2 aromatic rings. The minimum absolute atomic E-state index is 0.0103. The zero-order chi connectivity index (χ0) is 31.9. The second kappa shape index (κ2) is 11.8. The van der Waals surface area contributed by atoms with Crippen molar-refractivity contribution in [1.82, 2.24) is 4.90 Å². The maximum absolute atomic E-state index is 15.2. The highest BCUT2D eigenvalue weighted by Gasteiger charge is 2.52. The molecule has 2 aliphatic rings. The summed E-state index contributed by atoms with van der Waals surface area (Å²) < 4.78 is 67.2. The zero-order valence-electron chi connectivity index (χ0n) is 24.5. The Kier molecular flexibility index (Phi) is 8.84. The van der Waals surface area contributed by atoms with Crippen molar-refractivity contribution in [2.24, 2.45) is 5.92 Å². The highest BCUT2D eigenvalue weighted by atomic mass is 32.1. The minimum atomic E-state index is -4.81. The van der Waals surface area contributed by atoms with Gasteiger partial charge in [-0.2, -0.15) is 18.4 Å². The molecule has 4 rings (SSSR count). The Morgan fingerprint density at radius 1 is 1.09 bits per heavy atom. The number of piperidine rings is 1. The number of rotatable bonds is 5. The van der Waals surface area contributed by atoms with E-state index in [1.54, 1.807) is 24.8 Å². The number of likely N-dealkylation sites (tertiary alicyclic amines) is 1. The molecular formula is C30H34F4N4O4S. The molecule has 0 spiro atoms. The number of ether oxygens (including phenoxy) is 2. The van der Waals surface area contributed by atoms with Gasteiger partial charge >= 0.3 is 12.3 Å². The maximum atomic E-state index is 15.2. The number of hydrogen-bond acceptors (Lipinski definition) is 7. The van der Waals surface area contributed by atoms with Crippen LogP contribution in [-0.2, 0) is 15.7 Å². The molecule has 2 amide bonds. The van der Waals surface area contributed by atoms with Crippen molar-refractivity contribution in [3.63, 3.8) is 0 Å².